The highest BCUT2D eigenvalue weighted by molar-refractivity contribution is 7.16. The minimum absolute atomic E-state index is 0.0231. The van der Waals surface area contributed by atoms with E-state index in [1.54, 1.807) is 11.6 Å². The average molecular weight is 255 g/mol. The summed E-state index contributed by atoms with van der Waals surface area (Å²) in [5, 5.41) is 13.4. The highest BCUT2D eigenvalue weighted by Gasteiger charge is 2.26. The van der Waals surface area contributed by atoms with Crippen LogP contribution in [0.25, 0.3) is 4.96 Å². The topological polar surface area (TPSA) is 78.3 Å². The summed E-state index contributed by atoms with van der Waals surface area (Å²) in [5.74, 6) is 0.700. The number of nitrogens with zero attached hydrogens (tertiary/aromatic N) is 4. The van der Waals surface area contributed by atoms with Crippen molar-refractivity contribution in [2.45, 2.75) is 33.4 Å². The van der Waals surface area contributed by atoms with Crippen molar-refractivity contribution in [1.29, 1.82) is 0 Å². The van der Waals surface area contributed by atoms with E-state index in [0.29, 0.717) is 12.4 Å². The molecular weight excluding hydrogens is 238 g/mol. The molecule has 0 radical (unpaired) electrons. The molecule has 0 saturated carbocycles. The van der Waals surface area contributed by atoms with Gasteiger partial charge in [0, 0.05) is 7.11 Å². The van der Waals surface area contributed by atoms with Gasteiger partial charge < -0.3 is 10.5 Å². The first-order valence-electron chi connectivity index (χ1n) is 5.39. The highest BCUT2D eigenvalue weighted by atomic mass is 32.1. The third-order valence-corrected chi connectivity index (χ3v) is 3.53. The van der Waals surface area contributed by atoms with Gasteiger partial charge in [0.05, 0.1) is 6.04 Å². The molecule has 6 nitrogen and oxygen atoms in total. The summed E-state index contributed by atoms with van der Waals surface area (Å²) in [6, 6.07) is -0.107. The van der Waals surface area contributed by atoms with Crippen LogP contribution in [0.3, 0.4) is 0 Å². The van der Waals surface area contributed by atoms with E-state index in [-0.39, 0.29) is 11.5 Å². The summed E-state index contributed by atoms with van der Waals surface area (Å²) < 4.78 is 6.74. The molecule has 2 heterocycles. The summed E-state index contributed by atoms with van der Waals surface area (Å²) in [5.41, 5.74) is 6.15. The Kier molecular flexibility index (Phi) is 3.15. The number of hydrogen-bond donors (Lipinski definition) is 1. The first-order valence-corrected chi connectivity index (χ1v) is 6.20. The molecule has 2 rings (SSSR count). The van der Waals surface area contributed by atoms with Crippen LogP contribution in [0.5, 0.6) is 0 Å². The van der Waals surface area contributed by atoms with Crippen LogP contribution in [0.15, 0.2) is 0 Å². The van der Waals surface area contributed by atoms with E-state index in [1.165, 1.54) is 11.3 Å². The van der Waals surface area contributed by atoms with Crippen molar-refractivity contribution in [3.05, 3.63) is 10.8 Å². The molecular formula is C10H17N5OS. The Hall–Kier alpha value is -1.05. The normalized spacial score (nSPS) is 14.4. The van der Waals surface area contributed by atoms with E-state index >= 15 is 0 Å². The molecule has 2 aromatic heterocycles. The first-order chi connectivity index (χ1) is 7.93. The van der Waals surface area contributed by atoms with Gasteiger partial charge in [0.25, 0.3) is 0 Å². The molecule has 0 aliphatic rings. The minimum Gasteiger partial charge on any atom is -0.377 e. The quantitative estimate of drug-likeness (QED) is 0.896. The monoisotopic (exact) mass is 255 g/mol. The zero-order valence-corrected chi connectivity index (χ0v) is 11.3. The largest absolute Gasteiger partial charge is 0.377 e. The molecule has 0 saturated heterocycles. The van der Waals surface area contributed by atoms with Gasteiger partial charge in [0.15, 0.2) is 5.82 Å². The maximum atomic E-state index is 6.17. The predicted molar refractivity (Wildman–Crippen MR) is 65.8 cm³/mol. The molecule has 0 aliphatic carbocycles. The van der Waals surface area contributed by atoms with Crippen molar-refractivity contribution < 1.29 is 4.74 Å². The Morgan fingerprint density at radius 2 is 2.12 bits per heavy atom. The van der Waals surface area contributed by atoms with Crippen LogP contribution >= 0.6 is 11.3 Å². The molecule has 1 unspecified atom stereocenters. The van der Waals surface area contributed by atoms with Crippen molar-refractivity contribution in [3.63, 3.8) is 0 Å². The molecule has 94 valence electrons. The predicted octanol–water partition coefficient (Wildman–Crippen LogP) is 1.38. The van der Waals surface area contributed by atoms with E-state index in [9.17, 15) is 0 Å². The number of aromatic nitrogens is 4. The van der Waals surface area contributed by atoms with E-state index < -0.39 is 0 Å². The van der Waals surface area contributed by atoms with E-state index in [2.05, 4.69) is 36.1 Å². The average Bonchev–Trinajstić information content (AvgIpc) is 2.78. The van der Waals surface area contributed by atoms with Crippen LogP contribution in [-0.2, 0) is 11.3 Å². The van der Waals surface area contributed by atoms with E-state index in [1.807, 2.05) is 0 Å². The highest BCUT2D eigenvalue weighted by Crippen LogP contribution is 2.32. The van der Waals surface area contributed by atoms with Crippen LogP contribution < -0.4 is 5.73 Å². The second kappa shape index (κ2) is 4.32. The smallest absolute Gasteiger partial charge is 0.234 e. The van der Waals surface area contributed by atoms with Gasteiger partial charge in [-0.15, -0.1) is 10.2 Å². The lowest BCUT2D eigenvalue weighted by atomic mass is 9.88. The Labute approximate surface area is 104 Å². The van der Waals surface area contributed by atoms with Gasteiger partial charge in [-0.1, -0.05) is 32.1 Å². The van der Waals surface area contributed by atoms with Crippen LogP contribution in [0.2, 0.25) is 0 Å². The van der Waals surface area contributed by atoms with Gasteiger partial charge in [0.2, 0.25) is 4.96 Å². The van der Waals surface area contributed by atoms with Gasteiger partial charge in [-0.3, -0.25) is 0 Å². The van der Waals surface area contributed by atoms with Crippen LogP contribution in [-0.4, -0.2) is 26.9 Å². The van der Waals surface area contributed by atoms with E-state index in [4.69, 9.17) is 10.5 Å². The Morgan fingerprint density at radius 3 is 2.71 bits per heavy atom. The number of hydrogen-bond acceptors (Lipinski definition) is 6. The summed E-state index contributed by atoms with van der Waals surface area (Å²) in [4.78, 5) is 0.756. The molecule has 0 bridgehead atoms. The molecule has 0 spiro atoms. The lowest BCUT2D eigenvalue weighted by Gasteiger charge is -2.24. The van der Waals surface area contributed by atoms with Crippen molar-refractivity contribution in [1.82, 2.24) is 19.8 Å². The molecule has 2 N–H and O–H groups in total. The van der Waals surface area contributed by atoms with Crippen LogP contribution in [0, 0.1) is 5.41 Å². The number of ether oxygens (including phenoxy) is 1. The second-order valence-electron chi connectivity index (χ2n) is 5.03. The minimum atomic E-state index is -0.107. The molecule has 7 heteroatoms. The summed E-state index contributed by atoms with van der Waals surface area (Å²) >= 11 is 1.48. The lowest BCUT2D eigenvalue weighted by molar-refractivity contribution is 0.176. The Morgan fingerprint density at radius 1 is 1.41 bits per heavy atom. The second-order valence-corrected chi connectivity index (χ2v) is 6.02. The molecule has 0 amide bonds. The zero-order valence-electron chi connectivity index (χ0n) is 10.5. The van der Waals surface area contributed by atoms with E-state index in [0.717, 1.165) is 9.97 Å². The first kappa shape index (κ1) is 12.4. The maximum absolute atomic E-state index is 6.17. The van der Waals surface area contributed by atoms with Gasteiger partial charge in [-0.25, -0.2) is 0 Å². The molecule has 0 aromatic carbocycles. The van der Waals surface area contributed by atoms with Crippen LogP contribution in [0.4, 0.5) is 0 Å². The number of methoxy groups -OCH3 is 1. The fourth-order valence-electron chi connectivity index (χ4n) is 1.39. The van der Waals surface area contributed by atoms with Crippen LogP contribution in [0.1, 0.15) is 37.6 Å². The molecule has 0 fully saturated rings. The standard InChI is InChI=1S/C10H17N5OS/c1-10(2,3)7(11)8-14-15-6(5-16-4)12-13-9(15)17-8/h7H,5,11H2,1-4H3. The molecule has 2 aromatic rings. The Bertz CT molecular complexity index is 512. The van der Waals surface area contributed by atoms with Crippen molar-refractivity contribution in [2.75, 3.05) is 7.11 Å². The van der Waals surface area contributed by atoms with Crippen molar-refractivity contribution in [3.8, 4) is 0 Å². The summed E-state index contributed by atoms with van der Waals surface area (Å²) in [7, 11) is 1.62. The molecule has 17 heavy (non-hydrogen) atoms. The fourth-order valence-corrected chi connectivity index (χ4v) is 2.49. The zero-order chi connectivity index (χ0) is 12.6. The maximum Gasteiger partial charge on any atom is 0.234 e. The number of rotatable bonds is 3. The number of fused-ring (bicyclic) bond motifs is 1. The SMILES string of the molecule is COCc1nnc2sc(C(N)C(C)(C)C)nn12. The van der Waals surface area contributed by atoms with Gasteiger partial charge in [0.1, 0.15) is 11.6 Å². The molecule has 0 aliphatic heterocycles. The van der Waals surface area contributed by atoms with Crippen molar-refractivity contribution >= 4 is 16.3 Å². The Balaban J connectivity index is 2.38. The molecule has 1 atom stereocenters. The van der Waals surface area contributed by atoms with Crippen molar-refractivity contribution in [2.24, 2.45) is 11.1 Å². The number of nitrogens with two attached hydrogens (primary N) is 1. The summed E-state index contributed by atoms with van der Waals surface area (Å²) in [6.07, 6.45) is 0. The van der Waals surface area contributed by atoms with Gasteiger partial charge in [-0.2, -0.15) is 9.61 Å². The lowest BCUT2D eigenvalue weighted by Crippen LogP contribution is -2.26. The van der Waals surface area contributed by atoms with Gasteiger partial charge in [-0.05, 0) is 5.41 Å². The third-order valence-electron chi connectivity index (χ3n) is 2.54. The fraction of sp³-hybridized carbons (Fsp3) is 0.700. The third kappa shape index (κ3) is 2.31. The summed E-state index contributed by atoms with van der Waals surface area (Å²) in [6.45, 7) is 6.68. The van der Waals surface area contributed by atoms with Gasteiger partial charge >= 0.3 is 0 Å².